The van der Waals surface area contributed by atoms with E-state index < -0.39 is 4.92 Å². The van der Waals surface area contributed by atoms with Crippen LogP contribution in [0.15, 0.2) is 18.2 Å². The van der Waals surface area contributed by atoms with Crippen LogP contribution in [0.2, 0.25) is 0 Å². The van der Waals surface area contributed by atoms with Crippen LogP contribution in [0, 0.1) is 13.7 Å². The highest BCUT2D eigenvalue weighted by Crippen LogP contribution is 2.20. The molecule has 0 aliphatic carbocycles. The third-order valence-corrected chi connectivity index (χ3v) is 3.83. The summed E-state index contributed by atoms with van der Waals surface area (Å²) in [5.41, 5.74) is 0.270. The minimum atomic E-state index is -0.506. The van der Waals surface area contributed by atoms with E-state index in [0.29, 0.717) is 15.7 Å². The Morgan fingerprint density at radius 3 is 2.70 bits per heavy atom. The van der Waals surface area contributed by atoms with Crippen molar-refractivity contribution in [2.75, 3.05) is 20.2 Å². The molecule has 20 heavy (non-hydrogen) atoms. The molecule has 1 rings (SSSR count). The number of non-ortho nitro benzene ring substituents is 1. The molecule has 1 amide bonds. The number of hydrogen-bond acceptors (Lipinski definition) is 4. The zero-order valence-corrected chi connectivity index (χ0v) is 13.4. The molecular formula is C13H17IN2O4. The van der Waals surface area contributed by atoms with Crippen molar-refractivity contribution in [2.45, 2.75) is 19.3 Å². The first-order chi connectivity index (χ1) is 9.47. The van der Waals surface area contributed by atoms with Gasteiger partial charge in [0.05, 0.1) is 10.5 Å². The second-order valence-electron chi connectivity index (χ2n) is 4.43. The lowest BCUT2D eigenvalue weighted by Crippen LogP contribution is -2.28. The smallest absolute Gasteiger partial charge is 0.270 e. The minimum absolute atomic E-state index is 0.0811. The molecule has 0 aliphatic rings. The van der Waals surface area contributed by atoms with Crippen LogP contribution in [-0.2, 0) is 0 Å². The summed E-state index contributed by atoms with van der Waals surface area (Å²) in [6.45, 7) is 0.720. The molecule has 0 radical (unpaired) electrons. The zero-order valence-electron chi connectivity index (χ0n) is 11.2. The maximum atomic E-state index is 12.3. The number of nitrogens with zero attached hydrogens (tertiary/aromatic N) is 2. The normalized spacial score (nSPS) is 10.3. The molecule has 0 heterocycles. The Labute approximate surface area is 131 Å². The summed E-state index contributed by atoms with van der Waals surface area (Å²) in [7, 11) is 1.68. The van der Waals surface area contributed by atoms with Gasteiger partial charge in [-0.2, -0.15) is 0 Å². The molecule has 0 aromatic heterocycles. The summed E-state index contributed by atoms with van der Waals surface area (Å²) in [6.07, 6.45) is 2.37. The number of unbranched alkanes of at least 4 members (excludes halogenated alkanes) is 2. The largest absolute Gasteiger partial charge is 0.396 e. The number of aliphatic hydroxyl groups is 1. The predicted molar refractivity (Wildman–Crippen MR) is 83.7 cm³/mol. The van der Waals surface area contributed by atoms with E-state index in [-0.39, 0.29) is 18.2 Å². The Balaban J connectivity index is 2.75. The molecule has 1 N–H and O–H groups in total. The first-order valence-electron chi connectivity index (χ1n) is 6.27. The van der Waals surface area contributed by atoms with E-state index in [2.05, 4.69) is 0 Å². The van der Waals surface area contributed by atoms with Crippen molar-refractivity contribution in [3.8, 4) is 0 Å². The fraction of sp³-hybridized carbons (Fsp3) is 0.462. The monoisotopic (exact) mass is 392 g/mol. The van der Waals surface area contributed by atoms with Crippen molar-refractivity contribution in [3.63, 3.8) is 0 Å². The number of hydrogen-bond donors (Lipinski definition) is 1. The van der Waals surface area contributed by atoms with Crippen molar-refractivity contribution >= 4 is 34.2 Å². The number of carbonyl (C=O) groups is 1. The highest BCUT2D eigenvalue weighted by Gasteiger charge is 2.18. The van der Waals surface area contributed by atoms with E-state index in [0.717, 1.165) is 19.3 Å². The average molecular weight is 392 g/mol. The topological polar surface area (TPSA) is 83.7 Å². The molecule has 0 saturated carbocycles. The number of carbonyl (C=O) groups excluding carboxylic acids is 1. The summed E-state index contributed by atoms with van der Waals surface area (Å²) in [5, 5.41) is 19.4. The Kier molecular flexibility index (Phi) is 6.86. The van der Waals surface area contributed by atoms with Gasteiger partial charge in [-0.3, -0.25) is 14.9 Å². The van der Waals surface area contributed by atoms with Crippen molar-refractivity contribution in [2.24, 2.45) is 0 Å². The Bertz CT molecular complexity index is 493. The fourth-order valence-electron chi connectivity index (χ4n) is 1.74. The lowest BCUT2D eigenvalue weighted by Gasteiger charge is -2.17. The summed E-state index contributed by atoms with van der Waals surface area (Å²) in [5.74, 6) is -0.220. The molecule has 7 heteroatoms. The fourth-order valence-corrected chi connectivity index (χ4v) is 2.30. The van der Waals surface area contributed by atoms with Gasteiger partial charge in [-0.1, -0.05) is 0 Å². The highest BCUT2D eigenvalue weighted by molar-refractivity contribution is 14.1. The summed E-state index contributed by atoms with van der Waals surface area (Å²) >= 11 is 2.00. The van der Waals surface area contributed by atoms with E-state index in [1.165, 1.54) is 12.1 Å². The Morgan fingerprint density at radius 2 is 2.10 bits per heavy atom. The SMILES string of the molecule is CN(CCCCCO)C(=O)c1cc([N+](=O)[O-])ccc1I. The van der Waals surface area contributed by atoms with Crippen molar-refractivity contribution in [1.29, 1.82) is 0 Å². The molecule has 110 valence electrons. The molecular weight excluding hydrogens is 375 g/mol. The molecule has 0 aliphatic heterocycles. The number of aliphatic hydroxyl groups excluding tert-OH is 1. The van der Waals surface area contributed by atoms with E-state index in [4.69, 9.17) is 5.11 Å². The molecule has 1 aromatic rings. The lowest BCUT2D eigenvalue weighted by molar-refractivity contribution is -0.384. The number of halogens is 1. The van der Waals surface area contributed by atoms with Crippen LogP contribution < -0.4 is 0 Å². The second-order valence-corrected chi connectivity index (χ2v) is 5.59. The van der Waals surface area contributed by atoms with Gasteiger partial charge < -0.3 is 10.0 Å². The lowest BCUT2D eigenvalue weighted by atomic mass is 10.1. The van der Waals surface area contributed by atoms with Gasteiger partial charge in [0, 0.05) is 35.9 Å². The zero-order chi connectivity index (χ0) is 15.1. The maximum absolute atomic E-state index is 12.3. The molecule has 0 bridgehead atoms. The third kappa shape index (κ3) is 4.71. The first kappa shape index (κ1) is 16.8. The van der Waals surface area contributed by atoms with Gasteiger partial charge in [0.25, 0.3) is 11.6 Å². The molecule has 0 unspecified atom stereocenters. The van der Waals surface area contributed by atoms with Crippen LogP contribution in [0.1, 0.15) is 29.6 Å². The molecule has 0 spiro atoms. The van der Waals surface area contributed by atoms with Crippen LogP contribution in [0.3, 0.4) is 0 Å². The van der Waals surface area contributed by atoms with Crippen LogP contribution in [0.4, 0.5) is 5.69 Å². The average Bonchev–Trinajstić information content (AvgIpc) is 2.42. The number of nitro benzene ring substituents is 1. The van der Waals surface area contributed by atoms with Crippen LogP contribution in [0.25, 0.3) is 0 Å². The van der Waals surface area contributed by atoms with Crippen molar-refractivity contribution in [3.05, 3.63) is 37.4 Å². The van der Waals surface area contributed by atoms with E-state index in [1.54, 1.807) is 18.0 Å². The summed E-state index contributed by atoms with van der Waals surface area (Å²) < 4.78 is 0.695. The minimum Gasteiger partial charge on any atom is -0.396 e. The molecule has 0 fully saturated rings. The standard InChI is InChI=1S/C13H17IN2O4/c1-15(7-3-2-4-8-17)13(18)11-9-10(16(19)20)5-6-12(11)14/h5-6,9,17H,2-4,7-8H2,1H3. The molecule has 0 saturated heterocycles. The van der Waals surface area contributed by atoms with Gasteiger partial charge in [0.15, 0.2) is 0 Å². The van der Waals surface area contributed by atoms with E-state index >= 15 is 0 Å². The molecule has 1 aromatic carbocycles. The van der Waals surface area contributed by atoms with Crippen molar-refractivity contribution in [1.82, 2.24) is 4.90 Å². The van der Waals surface area contributed by atoms with Crippen LogP contribution >= 0.6 is 22.6 Å². The number of benzene rings is 1. The summed E-state index contributed by atoms with van der Waals surface area (Å²) in [6, 6.07) is 4.28. The maximum Gasteiger partial charge on any atom is 0.270 e. The van der Waals surface area contributed by atoms with Crippen LogP contribution in [-0.4, -0.2) is 41.0 Å². The first-order valence-corrected chi connectivity index (χ1v) is 7.35. The second kappa shape index (κ2) is 8.15. The third-order valence-electron chi connectivity index (χ3n) is 2.89. The molecule has 6 nitrogen and oxygen atoms in total. The quantitative estimate of drug-likeness (QED) is 0.334. The van der Waals surface area contributed by atoms with Gasteiger partial charge in [0.2, 0.25) is 0 Å². The number of nitro groups is 1. The van der Waals surface area contributed by atoms with Crippen LogP contribution in [0.5, 0.6) is 0 Å². The summed E-state index contributed by atoms with van der Waals surface area (Å²) in [4.78, 5) is 24.1. The van der Waals surface area contributed by atoms with Crippen molar-refractivity contribution < 1.29 is 14.8 Å². The Morgan fingerprint density at radius 1 is 1.40 bits per heavy atom. The predicted octanol–water partition coefficient (Wildman–Crippen LogP) is 2.43. The Hall–Kier alpha value is -1.22. The van der Waals surface area contributed by atoms with Gasteiger partial charge >= 0.3 is 0 Å². The van der Waals surface area contributed by atoms with Gasteiger partial charge in [-0.15, -0.1) is 0 Å². The van der Waals surface area contributed by atoms with E-state index in [1.807, 2.05) is 22.6 Å². The van der Waals surface area contributed by atoms with Gasteiger partial charge in [-0.25, -0.2) is 0 Å². The number of amides is 1. The van der Waals surface area contributed by atoms with Gasteiger partial charge in [0.1, 0.15) is 0 Å². The highest BCUT2D eigenvalue weighted by atomic mass is 127. The molecule has 0 atom stereocenters. The van der Waals surface area contributed by atoms with E-state index in [9.17, 15) is 14.9 Å². The number of rotatable bonds is 7. The van der Waals surface area contributed by atoms with Gasteiger partial charge in [-0.05, 0) is 47.9 Å².